The van der Waals surface area contributed by atoms with Gasteiger partial charge in [0.2, 0.25) is 0 Å². The van der Waals surface area contributed by atoms with E-state index >= 15 is 0 Å². The molecule has 0 heterocycles. The Morgan fingerprint density at radius 2 is 1.65 bits per heavy atom. The van der Waals surface area contributed by atoms with E-state index in [0.29, 0.717) is 0 Å². The number of benzene rings is 3. The van der Waals surface area contributed by atoms with Gasteiger partial charge in [0, 0.05) is 23.5 Å². The average Bonchev–Trinajstić information content (AvgIpc) is 2.67. The zero-order chi connectivity index (χ0) is 18.4. The van der Waals surface area contributed by atoms with Crippen LogP contribution in [0.1, 0.15) is 18.1 Å². The van der Waals surface area contributed by atoms with Crippen LogP contribution in [-0.4, -0.2) is 4.92 Å². The van der Waals surface area contributed by atoms with Gasteiger partial charge in [0.15, 0.2) is 5.75 Å². The predicted molar refractivity (Wildman–Crippen MR) is 103 cm³/mol. The molecule has 3 aromatic rings. The van der Waals surface area contributed by atoms with Crippen LogP contribution in [0.3, 0.4) is 0 Å². The largest absolute Gasteiger partial charge is 0.482 e. The molecule has 0 amide bonds. The summed E-state index contributed by atoms with van der Waals surface area (Å²) < 4.78 is 5.73. The summed E-state index contributed by atoms with van der Waals surface area (Å²) in [4.78, 5) is 10.9. The van der Waals surface area contributed by atoms with E-state index in [0.717, 1.165) is 23.4 Å². The fourth-order valence-corrected chi connectivity index (χ4v) is 2.63. The Bertz CT molecular complexity index is 895. The normalized spacial score (nSPS) is 10.3. The molecule has 3 rings (SSSR count). The lowest BCUT2D eigenvalue weighted by atomic mass is 10.1. The fourth-order valence-electron chi connectivity index (χ4n) is 2.63. The van der Waals surface area contributed by atoms with Crippen LogP contribution in [0, 0.1) is 10.1 Å². The Morgan fingerprint density at radius 1 is 0.923 bits per heavy atom. The van der Waals surface area contributed by atoms with E-state index in [1.165, 1.54) is 11.6 Å². The summed E-state index contributed by atoms with van der Waals surface area (Å²) in [6.45, 7) is 2.37. The van der Waals surface area contributed by atoms with Crippen LogP contribution in [0.25, 0.3) is 0 Å². The van der Waals surface area contributed by atoms with Gasteiger partial charge in [-0.1, -0.05) is 49.4 Å². The standard InChI is InChI=1S/C21H20N2O3/c1-2-16-9-6-10-18(13-16)22-19-11-12-20(23(24)25)21(14-19)26-15-17-7-4-3-5-8-17/h3-14,22H,2,15H2,1H3. The first kappa shape index (κ1) is 17.5. The van der Waals surface area contributed by atoms with Gasteiger partial charge in [-0.2, -0.15) is 0 Å². The Labute approximate surface area is 152 Å². The summed E-state index contributed by atoms with van der Waals surface area (Å²) in [7, 11) is 0. The van der Waals surface area contributed by atoms with Crippen LogP contribution in [-0.2, 0) is 13.0 Å². The molecule has 0 aliphatic heterocycles. The van der Waals surface area contributed by atoms with Gasteiger partial charge in [0.05, 0.1) is 4.92 Å². The second-order valence-electron chi connectivity index (χ2n) is 5.89. The van der Waals surface area contributed by atoms with Crippen molar-refractivity contribution in [3.05, 3.63) is 94.0 Å². The summed E-state index contributed by atoms with van der Waals surface area (Å²) in [5.74, 6) is 0.246. The number of anilines is 2. The van der Waals surface area contributed by atoms with E-state index in [1.807, 2.05) is 42.5 Å². The van der Waals surface area contributed by atoms with Crippen molar-refractivity contribution in [1.29, 1.82) is 0 Å². The van der Waals surface area contributed by atoms with Gasteiger partial charge in [0.1, 0.15) is 6.61 Å². The molecule has 5 heteroatoms. The smallest absolute Gasteiger partial charge is 0.311 e. The van der Waals surface area contributed by atoms with Crippen molar-refractivity contribution in [1.82, 2.24) is 0 Å². The SMILES string of the molecule is CCc1cccc(Nc2ccc([N+](=O)[O-])c(OCc3ccccc3)c2)c1. The van der Waals surface area contributed by atoms with Crippen molar-refractivity contribution in [2.75, 3.05) is 5.32 Å². The Morgan fingerprint density at radius 3 is 2.38 bits per heavy atom. The van der Waals surface area contributed by atoms with E-state index < -0.39 is 4.92 Å². The van der Waals surface area contributed by atoms with E-state index in [9.17, 15) is 10.1 Å². The van der Waals surface area contributed by atoms with Crippen molar-refractivity contribution in [3.8, 4) is 5.75 Å². The second kappa shape index (κ2) is 8.16. The number of hydrogen-bond acceptors (Lipinski definition) is 4. The second-order valence-corrected chi connectivity index (χ2v) is 5.89. The third-order valence-corrected chi connectivity index (χ3v) is 4.02. The first-order valence-electron chi connectivity index (χ1n) is 8.47. The van der Waals surface area contributed by atoms with Gasteiger partial charge in [-0.15, -0.1) is 0 Å². The molecule has 26 heavy (non-hydrogen) atoms. The highest BCUT2D eigenvalue weighted by molar-refractivity contribution is 5.65. The fraction of sp³-hybridized carbons (Fsp3) is 0.143. The first-order valence-corrected chi connectivity index (χ1v) is 8.47. The summed E-state index contributed by atoms with van der Waals surface area (Å²) in [5, 5.41) is 14.6. The highest BCUT2D eigenvalue weighted by Crippen LogP contribution is 2.32. The topological polar surface area (TPSA) is 64.4 Å². The Balaban J connectivity index is 1.82. The van der Waals surface area contributed by atoms with E-state index in [-0.39, 0.29) is 18.0 Å². The van der Waals surface area contributed by atoms with Crippen molar-refractivity contribution >= 4 is 17.1 Å². The van der Waals surface area contributed by atoms with Crippen LogP contribution < -0.4 is 10.1 Å². The quantitative estimate of drug-likeness (QED) is 0.453. The molecule has 0 radical (unpaired) electrons. The lowest BCUT2D eigenvalue weighted by Crippen LogP contribution is -2.00. The third kappa shape index (κ3) is 4.39. The van der Waals surface area contributed by atoms with Gasteiger partial charge in [0.25, 0.3) is 0 Å². The lowest BCUT2D eigenvalue weighted by molar-refractivity contribution is -0.385. The summed E-state index contributed by atoms with van der Waals surface area (Å²) in [6, 6.07) is 22.5. The monoisotopic (exact) mass is 348 g/mol. The molecule has 3 aromatic carbocycles. The summed E-state index contributed by atoms with van der Waals surface area (Å²) in [5.41, 5.74) is 3.81. The molecule has 0 aliphatic carbocycles. The number of rotatable bonds is 7. The minimum Gasteiger partial charge on any atom is -0.482 e. The lowest BCUT2D eigenvalue weighted by Gasteiger charge is -2.11. The number of aryl methyl sites for hydroxylation is 1. The number of hydrogen-bond donors (Lipinski definition) is 1. The number of ether oxygens (including phenoxy) is 1. The molecular weight excluding hydrogens is 328 g/mol. The molecule has 0 aromatic heterocycles. The minimum atomic E-state index is -0.429. The van der Waals surface area contributed by atoms with Crippen molar-refractivity contribution in [2.24, 2.45) is 0 Å². The van der Waals surface area contributed by atoms with E-state index in [1.54, 1.807) is 12.1 Å². The molecule has 0 atom stereocenters. The zero-order valence-electron chi connectivity index (χ0n) is 14.5. The van der Waals surface area contributed by atoms with Crippen molar-refractivity contribution in [3.63, 3.8) is 0 Å². The number of nitro groups is 1. The van der Waals surface area contributed by atoms with Crippen molar-refractivity contribution < 1.29 is 9.66 Å². The molecule has 0 spiro atoms. The Hall–Kier alpha value is -3.34. The van der Waals surface area contributed by atoms with Gasteiger partial charge in [-0.05, 0) is 35.7 Å². The minimum absolute atomic E-state index is 0.0474. The highest BCUT2D eigenvalue weighted by Gasteiger charge is 2.16. The molecule has 132 valence electrons. The average molecular weight is 348 g/mol. The first-order chi connectivity index (χ1) is 12.7. The van der Waals surface area contributed by atoms with Gasteiger partial charge < -0.3 is 10.1 Å². The third-order valence-electron chi connectivity index (χ3n) is 4.02. The van der Waals surface area contributed by atoms with Gasteiger partial charge in [-0.25, -0.2) is 0 Å². The maximum Gasteiger partial charge on any atom is 0.311 e. The van der Waals surface area contributed by atoms with Crippen LogP contribution in [0.15, 0.2) is 72.8 Å². The number of nitrogens with zero attached hydrogens (tertiary/aromatic N) is 1. The van der Waals surface area contributed by atoms with Gasteiger partial charge in [-0.3, -0.25) is 10.1 Å². The summed E-state index contributed by atoms with van der Waals surface area (Å²) in [6.07, 6.45) is 0.946. The molecular formula is C21H20N2O3. The molecule has 0 fully saturated rings. The van der Waals surface area contributed by atoms with Crippen molar-refractivity contribution in [2.45, 2.75) is 20.0 Å². The summed E-state index contributed by atoms with van der Waals surface area (Å²) >= 11 is 0. The number of nitro benzene ring substituents is 1. The maximum absolute atomic E-state index is 11.3. The van der Waals surface area contributed by atoms with Gasteiger partial charge >= 0.3 is 5.69 Å². The Kier molecular flexibility index (Phi) is 5.49. The number of nitrogens with one attached hydrogen (secondary N) is 1. The molecule has 0 saturated heterocycles. The zero-order valence-corrected chi connectivity index (χ0v) is 14.5. The molecule has 0 aliphatic rings. The van der Waals surface area contributed by atoms with Crippen LogP contribution in [0.5, 0.6) is 5.75 Å². The van der Waals surface area contributed by atoms with Crippen LogP contribution in [0.4, 0.5) is 17.1 Å². The molecule has 1 N–H and O–H groups in total. The molecule has 0 saturated carbocycles. The van der Waals surface area contributed by atoms with Crippen LogP contribution in [0.2, 0.25) is 0 Å². The van der Waals surface area contributed by atoms with Crippen LogP contribution >= 0.6 is 0 Å². The highest BCUT2D eigenvalue weighted by atomic mass is 16.6. The van der Waals surface area contributed by atoms with E-state index in [2.05, 4.69) is 24.4 Å². The maximum atomic E-state index is 11.3. The molecule has 5 nitrogen and oxygen atoms in total. The molecule has 0 unspecified atom stereocenters. The predicted octanol–water partition coefficient (Wildman–Crippen LogP) is 5.48. The molecule has 0 bridgehead atoms. The van der Waals surface area contributed by atoms with E-state index in [4.69, 9.17) is 4.74 Å².